The Labute approximate surface area is 143 Å². The zero-order chi connectivity index (χ0) is 17.4. The highest BCUT2D eigenvalue weighted by Crippen LogP contribution is 2.09. The lowest BCUT2D eigenvalue weighted by Gasteiger charge is -2.33. The van der Waals surface area contributed by atoms with Gasteiger partial charge >= 0.3 is 0 Å². The van der Waals surface area contributed by atoms with Crippen LogP contribution in [-0.2, 0) is 22.5 Å². The molecule has 2 heterocycles. The number of amides is 1. The van der Waals surface area contributed by atoms with Gasteiger partial charge in [0.2, 0.25) is 11.8 Å². The summed E-state index contributed by atoms with van der Waals surface area (Å²) in [6, 6.07) is 0. The number of carbonyl (C=O) groups excluding carboxylic acids is 1. The minimum atomic E-state index is 0.0516. The summed E-state index contributed by atoms with van der Waals surface area (Å²) in [6.45, 7) is 10.0. The summed E-state index contributed by atoms with van der Waals surface area (Å²) in [4.78, 5) is 20.7. The SMILES string of the molecule is COCCNC(=O)CN1CCN(Cc2nc(CC(C)C)no2)CC1. The standard InChI is InChI=1S/C16H29N5O3/c1-13(2)10-14-18-16(24-19-14)12-21-7-5-20(6-8-21)11-15(22)17-4-9-23-3/h13H,4-12H2,1-3H3,(H,17,22). The van der Waals surface area contributed by atoms with Crippen molar-refractivity contribution < 1.29 is 14.1 Å². The molecule has 1 aromatic rings. The van der Waals surface area contributed by atoms with Gasteiger partial charge in [-0.3, -0.25) is 14.6 Å². The van der Waals surface area contributed by atoms with Crippen molar-refractivity contribution in [2.24, 2.45) is 5.92 Å². The van der Waals surface area contributed by atoms with Crippen molar-refractivity contribution in [3.8, 4) is 0 Å². The summed E-state index contributed by atoms with van der Waals surface area (Å²) in [5.41, 5.74) is 0. The van der Waals surface area contributed by atoms with Crippen LogP contribution in [0.15, 0.2) is 4.52 Å². The molecule has 1 N–H and O–H groups in total. The molecule has 1 amide bonds. The summed E-state index contributed by atoms with van der Waals surface area (Å²) in [7, 11) is 1.63. The first kappa shape index (κ1) is 18.8. The Morgan fingerprint density at radius 3 is 2.67 bits per heavy atom. The number of ether oxygens (including phenoxy) is 1. The molecule has 1 fully saturated rings. The summed E-state index contributed by atoms with van der Waals surface area (Å²) in [6.07, 6.45) is 0.843. The fraction of sp³-hybridized carbons (Fsp3) is 0.812. The van der Waals surface area contributed by atoms with Gasteiger partial charge in [0.1, 0.15) is 0 Å². The molecule has 136 valence electrons. The third-order valence-electron chi connectivity index (χ3n) is 3.92. The van der Waals surface area contributed by atoms with Crippen LogP contribution >= 0.6 is 0 Å². The summed E-state index contributed by atoms with van der Waals surface area (Å²) < 4.78 is 10.2. The van der Waals surface area contributed by atoms with E-state index in [4.69, 9.17) is 9.26 Å². The molecule has 1 aliphatic rings. The molecule has 1 aliphatic heterocycles. The zero-order valence-electron chi connectivity index (χ0n) is 15.0. The molecule has 0 atom stereocenters. The molecule has 0 aliphatic carbocycles. The molecule has 0 bridgehead atoms. The van der Waals surface area contributed by atoms with E-state index in [9.17, 15) is 4.79 Å². The number of carbonyl (C=O) groups is 1. The zero-order valence-corrected chi connectivity index (χ0v) is 15.0. The van der Waals surface area contributed by atoms with Crippen LogP contribution in [0.3, 0.4) is 0 Å². The average molecular weight is 339 g/mol. The second-order valence-electron chi connectivity index (χ2n) is 6.60. The van der Waals surface area contributed by atoms with Gasteiger partial charge in [-0.1, -0.05) is 19.0 Å². The van der Waals surface area contributed by atoms with Gasteiger partial charge in [-0.15, -0.1) is 0 Å². The minimum Gasteiger partial charge on any atom is -0.383 e. The fourth-order valence-electron chi connectivity index (χ4n) is 2.65. The van der Waals surface area contributed by atoms with Gasteiger partial charge in [-0.2, -0.15) is 4.98 Å². The third kappa shape index (κ3) is 6.54. The maximum atomic E-state index is 11.8. The summed E-state index contributed by atoms with van der Waals surface area (Å²) >= 11 is 0. The number of aromatic nitrogens is 2. The molecular formula is C16H29N5O3. The number of hydrogen-bond donors (Lipinski definition) is 1. The molecule has 0 aromatic carbocycles. The van der Waals surface area contributed by atoms with Gasteiger partial charge in [0.25, 0.3) is 0 Å². The van der Waals surface area contributed by atoms with E-state index in [1.807, 2.05) is 0 Å². The predicted octanol–water partition coefficient (Wildman–Crippen LogP) is 0.148. The number of nitrogens with one attached hydrogen (secondary N) is 1. The lowest BCUT2D eigenvalue weighted by molar-refractivity contribution is -0.122. The number of methoxy groups -OCH3 is 1. The highest BCUT2D eigenvalue weighted by atomic mass is 16.5. The number of rotatable bonds is 9. The van der Waals surface area contributed by atoms with E-state index in [1.54, 1.807) is 7.11 Å². The quantitative estimate of drug-likeness (QED) is 0.641. The molecule has 0 saturated carbocycles. The van der Waals surface area contributed by atoms with E-state index < -0.39 is 0 Å². The molecule has 8 heteroatoms. The molecular weight excluding hydrogens is 310 g/mol. The van der Waals surface area contributed by atoms with E-state index in [0.717, 1.165) is 38.4 Å². The molecule has 1 saturated heterocycles. The van der Waals surface area contributed by atoms with E-state index in [0.29, 0.717) is 38.0 Å². The molecule has 0 spiro atoms. The Kier molecular flexibility index (Phi) is 7.61. The first-order chi connectivity index (χ1) is 11.6. The van der Waals surface area contributed by atoms with Crippen LogP contribution in [0.4, 0.5) is 0 Å². The largest absolute Gasteiger partial charge is 0.383 e. The molecule has 24 heavy (non-hydrogen) atoms. The van der Waals surface area contributed by atoms with E-state index in [-0.39, 0.29) is 5.91 Å². The maximum absolute atomic E-state index is 11.8. The van der Waals surface area contributed by atoms with Crippen LogP contribution in [0.1, 0.15) is 25.6 Å². The van der Waals surface area contributed by atoms with Crippen molar-refractivity contribution in [1.29, 1.82) is 0 Å². The lowest BCUT2D eigenvalue weighted by Crippen LogP contribution is -2.49. The molecule has 0 radical (unpaired) electrons. The van der Waals surface area contributed by atoms with Crippen LogP contribution in [0.25, 0.3) is 0 Å². The van der Waals surface area contributed by atoms with Crippen LogP contribution in [-0.4, -0.2) is 78.8 Å². The van der Waals surface area contributed by atoms with E-state index in [1.165, 1.54) is 0 Å². The van der Waals surface area contributed by atoms with Crippen LogP contribution in [0.5, 0.6) is 0 Å². The van der Waals surface area contributed by atoms with Gasteiger partial charge in [-0.05, 0) is 5.92 Å². The Morgan fingerprint density at radius 1 is 1.29 bits per heavy atom. The second kappa shape index (κ2) is 9.71. The predicted molar refractivity (Wildman–Crippen MR) is 89.4 cm³/mol. The third-order valence-corrected chi connectivity index (χ3v) is 3.92. The molecule has 0 unspecified atom stereocenters. The van der Waals surface area contributed by atoms with Crippen molar-refractivity contribution in [2.75, 3.05) is 53.0 Å². The highest BCUT2D eigenvalue weighted by molar-refractivity contribution is 5.77. The van der Waals surface area contributed by atoms with Crippen LogP contribution in [0.2, 0.25) is 0 Å². The smallest absolute Gasteiger partial charge is 0.240 e. The highest BCUT2D eigenvalue weighted by Gasteiger charge is 2.20. The topological polar surface area (TPSA) is 83.7 Å². The monoisotopic (exact) mass is 339 g/mol. The fourth-order valence-corrected chi connectivity index (χ4v) is 2.65. The van der Waals surface area contributed by atoms with E-state index >= 15 is 0 Å². The minimum absolute atomic E-state index is 0.0516. The van der Waals surface area contributed by atoms with Gasteiger partial charge < -0.3 is 14.6 Å². The van der Waals surface area contributed by atoms with Crippen molar-refractivity contribution in [1.82, 2.24) is 25.3 Å². The van der Waals surface area contributed by atoms with Crippen LogP contribution in [0, 0.1) is 5.92 Å². The number of piperazine rings is 1. The average Bonchev–Trinajstić information content (AvgIpc) is 2.96. The van der Waals surface area contributed by atoms with E-state index in [2.05, 4.69) is 39.1 Å². The summed E-state index contributed by atoms with van der Waals surface area (Å²) in [5, 5.41) is 6.87. The Balaban J connectivity index is 1.67. The Bertz CT molecular complexity index is 498. The normalized spacial score (nSPS) is 16.7. The van der Waals surface area contributed by atoms with Crippen molar-refractivity contribution in [3.63, 3.8) is 0 Å². The van der Waals surface area contributed by atoms with Gasteiger partial charge in [0, 0.05) is 46.3 Å². The van der Waals surface area contributed by atoms with Crippen molar-refractivity contribution in [3.05, 3.63) is 11.7 Å². The number of nitrogens with zero attached hydrogens (tertiary/aromatic N) is 4. The van der Waals surface area contributed by atoms with Crippen molar-refractivity contribution >= 4 is 5.91 Å². The number of hydrogen-bond acceptors (Lipinski definition) is 7. The second-order valence-corrected chi connectivity index (χ2v) is 6.60. The maximum Gasteiger partial charge on any atom is 0.240 e. The molecule has 2 rings (SSSR count). The molecule has 8 nitrogen and oxygen atoms in total. The Morgan fingerprint density at radius 2 is 2.00 bits per heavy atom. The first-order valence-electron chi connectivity index (χ1n) is 8.58. The van der Waals surface area contributed by atoms with Gasteiger partial charge in [0.15, 0.2) is 5.82 Å². The van der Waals surface area contributed by atoms with Crippen molar-refractivity contribution in [2.45, 2.75) is 26.8 Å². The van der Waals surface area contributed by atoms with Crippen LogP contribution < -0.4 is 5.32 Å². The van der Waals surface area contributed by atoms with Gasteiger partial charge in [0.05, 0.1) is 19.7 Å². The summed E-state index contributed by atoms with van der Waals surface area (Å²) in [5.74, 6) is 2.03. The first-order valence-corrected chi connectivity index (χ1v) is 8.58. The van der Waals surface area contributed by atoms with Gasteiger partial charge in [-0.25, -0.2) is 0 Å². The lowest BCUT2D eigenvalue weighted by atomic mass is 10.1. The Hall–Kier alpha value is -1.51. The molecule has 1 aromatic heterocycles.